The number of hydrogen-bond acceptors (Lipinski definition) is 1. The minimum Gasteiger partial charge on any atom is -0.311 e. The van der Waals surface area contributed by atoms with Gasteiger partial charge in [0.1, 0.15) is 0 Å². The maximum absolute atomic E-state index is 3.67. The normalized spacial score (nSPS) is 22.8. The second-order valence-electron chi connectivity index (χ2n) is 4.82. The van der Waals surface area contributed by atoms with E-state index >= 15 is 0 Å². The summed E-state index contributed by atoms with van der Waals surface area (Å²) in [4.78, 5) is 0. The van der Waals surface area contributed by atoms with Gasteiger partial charge in [0.2, 0.25) is 0 Å². The smallest absolute Gasteiger partial charge is 0.00694 e. The zero-order chi connectivity index (χ0) is 9.14. The molecule has 2 atom stereocenters. The van der Waals surface area contributed by atoms with Gasteiger partial charge < -0.3 is 5.32 Å². The third kappa shape index (κ3) is 3.57. The first kappa shape index (κ1) is 10.0. The van der Waals surface area contributed by atoms with Gasteiger partial charge in [0, 0.05) is 12.1 Å². The average molecular weight is 169 g/mol. The standard InChI is InChI=1S/C11H23N/c1-8(2)7-9(3)12-10(4)11-5-6-11/h8-12H,5-7H2,1-4H3. The van der Waals surface area contributed by atoms with Crippen molar-refractivity contribution >= 4 is 0 Å². The van der Waals surface area contributed by atoms with Gasteiger partial charge in [0.15, 0.2) is 0 Å². The minimum absolute atomic E-state index is 0.695. The second kappa shape index (κ2) is 4.27. The van der Waals surface area contributed by atoms with Gasteiger partial charge in [-0.1, -0.05) is 13.8 Å². The molecule has 0 aromatic heterocycles. The largest absolute Gasteiger partial charge is 0.311 e. The SMILES string of the molecule is CC(C)CC(C)NC(C)C1CC1. The molecule has 0 aliphatic heterocycles. The van der Waals surface area contributed by atoms with Gasteiger partial charge in [-0.2, -0.15) is 0 Å². The Kier molecular flexibility index (Phi) is 3.57. The van der Waals surface area contributed by atoms with Crippen molar-refractivity contribution in [3.05, 3.63) is 0 Å². The van der Waals surface area contributed by atoms with Crippen molar-refractivity contribution in [3.8, 4) is 0 Å². The molecule has 12 heavy (non-hydrogen) atoms. The van der Waals surface area contributed by atoms with Crippen LogP contribution in [0.1, 0.15) is 47.0 Å². The van der Waals surface area contributed by atoms with E-state index in [0.29, 0.717) is 6.04 Å². The first-order chi connectivity index (χ1) is 5.59. The van der Waals surface area contributed by atoms with Gasteiger partial charge >= 0.3 is 0 Å². The van der Waals surface area contributed by atoms with Crippen LogP contribution in [0.4, 0.5) is 0 Å². The Morgan fingerprint density at radius 3 is 2.17 bits per heavy atom. The van der Waals surface area contributed by atoms with E-state index in [-0.39, 0.29) is 0 Å². The summed E-state index contributed by atoms with van der Waals surface area (Å²) in [5, 5.41) is 3.67. The lowest BCUT2D eigenvalue weighted by Gasteiger charge is -2.21. The van der Waals surface area contributed by atoms with Crippen LogP contribution in [0.5, 0.6) is 0 Å². The Labute approximate surface area is 76.9 Å². The van der Waals surface area contributed by atoms with Crippen molar-refractivity contribution < 1.29 is 0 Å². The van der Waals surface area contributed by atoms with Crippen LogP contribution in [-0.4, -0.2) is 12.1 Å². The lowest BCUT2D eigenvalue weighted by Crippen LogP contribution is -2.36. The highest BCUT2D eigenvalue weighted by Crippen LogP contribution is 2.32. The van der Waals surface area contributed by atoms with Crippen LogP contribution in [0.25, 0.3) is 0 Å². The molecule has 1 heteroatoms. The minimum atomic E-state index is 0.695. The zero-order valence-corrected chi connectivity index (χ0v) is 8.93. The highest BCUT2D eigenvalue weighted by Gasteiger charge is 2.28. The third-order valence-electron chi connectivity index (χ3n) is 2.70. The van der Waals surface area contributed by atoms with E-state index in [1.54, 1.807) is 0 Å². The number of nitrogens with one attached hydrogen (secondary N) is 1. The molecule has 1 nitrogen and oxygen atoms in total. The van der Waals surface area contributed by atoms with E-state index in [1.807, 2.05) is 0 Å². The van der Waals surface area contributed by atoms with Crippen molar-refractivity contribution in [2.75, 3.05) is 0 Å². The molecule has 1 aliphatic carbocycles. The molecule has 0 aromatic rings. The Bertz CT molecular complexity index is 127. The molecule has 1 saturated carbocycles. The van der Waals surface area contributed by atoms with Gasteiger partial charge in [-0.15, -0.1) is 0 Å². The number of hydrogen-bond donors (Lipinski definition) is 1. The summed E-state index contributed by atoms with van der Waals surface area (Å²) in [6.07, 6.45) is 4.20. The zero-order valence-electron chi connectivity index (χ0n) is 8.93. The molecule has 1 rings (SSSR count). The summed E-state index contributed by atoms with van der Waals surface area (Å²) in [5.74, 6) is 1.80. The monoisotopic (exact) mass is 169 g/mol. The van der Waals surface area contributed by atoms with Crippen LogP contribution in [0.15, 0.2) is 0 Å². The van der Waals surface area contributed by atoms with E-state index in [1.165, 1.54) is 19.3 Å². The predicted octanol–water partition coefficient (Wildman–Crippen LogP) is 2.81. The lowest BCUT2D eigenvalue weighted by atomic mass is 10.0. The van der Waals surface area contributed by atoms with Crippen LogP contribution >= 0.6 is 0 Å². The third-order valence-corrected chi connectivity index (χ3v) is 2.70. The average Bonchev–Trinajstić information content (AvgIpc) is 2.63. The van der Waals surface area contributed by atoms with Gasteiger partial charge in [0.05, 0.1) is 0 Å². The van der Waals surface area contributed by atoms with E-state index in [0.717, 1.165) is 17.9 Å². The summed E-state index contributed by atoms with van der Waals surface area (Å²) in [6.45, 7) is 9.22. The maximum atomic E-state index is 3.67. The fraction of sp³-hybridized carbons (Fsp3) is 1.00. The fourth-order valence-corrected chi connectivity index (χ4v) is 1.96. The molecule has 2 unspecified atom stereocenters. The molecule has 1 fully saturated rings. The predicted molar refractivity (Wildman–Crippen MR) is 54.2 cm³/mol. The van der Waals surface area contributed by atoms with E-state index in [2.05, 4.69) is 33.0 Å². The van der Waals surface area contributed by atoms with Gasteiger partial charge in [-0.25, -0.2) is 0 Å². The van der Waals surface area contributed by atoms with E-state index in [4.69, 9.17) is 0 Å². The molecule has 72 valence electrons. The maximum Gasteiger partial charge on any atom is 0.00694 e. The summed E-state index contributed by atoms with van der Waals surface area (Å²) >= 11 is 0. The highest BCUT2D eigenvalue weighted by atomic mass is 14.9. The summed E-state index contributed by atoms with van der Waals surface area (Å²) in [5.41, 5.74) is 0. The fourth-order valence-electron chi connectivity index (χ4n) is 1.96. The summed E-state index contributed by atoms with van der Waals surface area (Å²) in [6, 6.07) is 1.44. The summed E-state index contributed by atoms with van der Waals surface area (Å²) in [7, 11) is 0. The molecule has 0 aromatic carbocycles. The van der Waals surface area contributed by atoms with Crippen LogP contribution in [-0.2, 0) is 0 Å². The molecule has 0 spiro atoms. The molecular weight excluding hydrogens is 146 g/mol. The van der Waals surface area contributed by atoms with Crippen LogP contribution in [0.2, 0.25) is 0 Å². The quantitative estimate of drug-likeness (QED) is 0.667. The molecule has 1 N–H and O–H groups in total. The molecule has 0 saturated heterocycles. The Hall–Kier alpha value is -0.0400. The Morgan fingerprint density at radius 1 is 1.17 bits per heavy atom. The Morgan fingerprint density at radius 2 is 1.75 bits per heavy atom. The molecule has 1 aliphatic rings. The lowest BCUT2D eigenvalue weighted by molar-refractivity contribution is 0.381. The first-order valence-electron chi connectivity index (χ1n) is 5.35. The first-order valence-corrected chi connectivity index (χ1v) is 5.35. The highest BCUT2D eigenvalue weighted by molar-refractivity contribution is 4.84. The molecule has 0 radical (unpaired) electrons. The van der Waals surface area contributed by atoms with Crippen LogP contribution in [0, 0.1) is 11.8 Å². The van der Waals surface area contributed by atoms with E-state index in [9.17, 15) is 0 Å². The van der Waals surface area contributed by atoms with Gasteiger partial charge in [0.25, 0.3) is 0 Å². The van der Waals surface area contributed by atoms with Crippen molar-refractivity contribution in [1.29, 1.82) is 0 Å². The molecular formula is C11H23N. The topological polar surface area (TPSA) is 12.0 Å². The van der Waals surface area contributed by atoms with Crippen LogP contribution in [0.3, 0.4) is 0 Å². The van der Waals surface area contributed by atoms with Crippen molar-refractivity contribution in [1.82, 2.24) is 5.32 Å². The molecule has 0 bridgehead atoms. The van der Waals surface area contributed by atoms with E-state index < -0.39 is 0 Å². The Balaban J connectivity index is 2.11. The van der Waals surface area contributed by atoms with Crippen molar-refractivity contribution in [2.24, 2.45) is 11.8 Å². The second-order valence-corrected chi connectivity index (χ2v) is 4.82. The van der Waals surface area contributed by atoms with Gasteiger partial charge in [-0.3, -0.25) is 0 Å². The summed E-state index contributed by atoms with van der Waals surface area (Å²) < 4.78 is 0. The van der Waals surface area contributed by atoms with Crippen LogP contribution < -0.4 is 5.32 Å². The van der Waals surface area contributed by atoms with Crippen molar-refractivity contribution in [2.45, 2.75) is 59.0 Å². The van der Waals surface area contributed by atoms with Crippen molar-refractivity contribution in [3.63, 3.8) is 0 Å². The number of rotatable bonds is 5. The molecule has 0 amide bonds. The van der Waals surface area contributed by atoms with Gasteiger partial charge in [-0.05, 0) is 44.9 Å². The molecule has 0 heterocycles.